The van der Waals surface area contributed by atoms with Crippen molar-refractivity contribution in [2.24, 2.45) is 0 Å². The van der Waals surface area contributed by atoms with E-state index in [1.165, 1.54) is 36.0 Å². The van der Waals surface area contributed by atoms with Gasteiger partial charge in [0.1, 0.15) is 5.82 Å². The standard InChI is InChI=1S/C17H16FNO3S2/c18-12-5-7-13(8-6-12)19-17(20)15-3-1-2-4-16(15)23-14-9-10-24(21,22)11-14/h1-8,14H,9-11H2,(H,19,20)/t14-/m0/s1. The van der Waals surface area contributed by atoms with Crippen LogP contribution in [0.5, 0.6) is 0 Å². The van der Waals surface area contributed by atoms with E-state index in [2.05, 4.69) is 5.32 Å². The maximum Gasteiger partial charge on any atom is 0.256 e. The third kappa shape index (κ3) is 4.15. The van der Waals surface area contributed by atoms with E-state index in [0.717, 1.165) is 4.90 Å². The van der Waals surface area contributed by atoms with Crippen LogP contribution in [-0.4, -0.2) is 31.1 Å². The van der Waals surface area contributed by atoms with E-state index in [9.17, 15) is 17.6 Å². The van der Waals surface area contributed by atoms with Gasteiger partial charge in [-0.15, -0.1) is 11.8 Å². The second-order valence-electron chi connectivity index (χ2n) is 5.60. The van der Waals surface area contributed by atoms with Crippen molar-refractivity contribution in [2.75, 3.05) is 16.8 Å². The number of halogens is 1. The van der Waals surface area contributed by atoms with E-state index in [1.807, 2.05) is 12.1 Å². The highest BCUT2D eigenvalue weighted by molar-refractivity contribution is 8.02. The SMILES string of the molecule is O=C(Nc1ccc(F)cc1)c1ccccc1S[C@H]1CCS(=O)(=O)C1. The minimum Gasteiger partial charge on any atom is -0.322 e. The molecule has 0 unspecified atom stereocenters. The molecular formula is C17H16FNO3S2. The van der Waals surface area contributed by atoms with Gasteiger partial charge in [0, 0.05) is 15.8 Å². The minimum atomic E-state index is -2.96. The van der Waals surface area contributed by atoms with Gasteiger partial charge in [-0.2, -0.15) is 0 Å². The van der Waals surface area contributed by atoms with Gasteiger partial charge in [0.25, 0.3) is 5.91 Å². The second-order valence-corrected chi connectivity index (χ2v) is 9.17. The van der Waals surface area contributed by atoms with Crippen LogP contribution in [0, 0.1) is 5.82 Å². The molecule has 7 heteroatoms. The summed E-state index contributed by atoms with van der Waals surface area (Å²) < 4.78 is 36.1. The highest BCUT2D eigenvalue weighted by Crippen LogP contribution is 2.33. The monoisotopic (exact) mass is 365 g/mol. The smallest absolute Gasteiger partial charge is 0.256 e. The Hall–Kier alpha value is -1.86. The van der Waals surface area contributed by atoms with Crippen LogP contribution < -0.4 is 5.32 Å². The molecule has 2 aromatic rings. The summed E-state index contributed by atoms with van der Waals surface area (Å²) in [6.07, 6.45) is 0.598. The van der Waals surface area contributed by atoms with E-state index in [1.54, 1.807) is 12.1 Å². The molecule has 2 aromatic carbocycles. The summed E-state index contributed by atoms with van der Waals surface area (Å²) in [7, 11) is -2.96. The van der Waals surface area contributed by atoms with E-state index >= 15 is 0 Å². The maximum atomic E-state index is 12.9. The molecule has 4 nitrogen and oxygen atoms in total. The lowest BCUT2D eigenvalue weighted by Gasteiger charge is -2.12. The van der Waals surface area contributed by atoms with E-state index in [4.69, 9.17) is 0 Å². The molecule has 0 spiro atoms. The third-order valence-corrected chi connectivity index (χ3v) is 7.04. The Morgan fingerprint density at radius 2 is 1.83 bits per heavy atom. The number of hydrogen-bond donors (Lipinski definition) is 1. The van der Waals surface area contributed by atoms with Gasteiger partial charge in [0.2, 0.25) is 0 Å². The Balaban J connectivity index is 1.76. The lowest BCUT2D eigenvalue weighted by atomic mass is 10.2. The topological polar surface area (TPSA) is 63.2 Å². The number of thioether (sulfide) groups is 1. The molecule has 0 bridgehead atoms. The molecule has 1 fully saturated rings. The van der Waals surface area contributed by atoms with Crippen molar-refractivity contribution in [2.45, 2.75) is 16.6 Å². The molecule has 0 aromatic heterocycles. The van der Waals surface area contributed by atoms with Crippen molar-refractivity contribution in [1.82, 2.24) is 0 Å². The summed E-state index contributed by atoms with van der Waals surface area (Å²) in [5, 5.41) is 2.70. The normalized spacial score (nSPS) is 19.1. The highest BCUT2D eigenvalue weighted by Gasteiger charge is 2.29. The number of anilines is 1. The van der Waals surface area contributed by atoms with Crippen molar-refractivity contribution in [1.29, 1.82) is 0 Å². The average molecular weight is 365 g/mol. The fraction of sp³-hybridized carbons (Fsp3) is 0.235. The molecule has 126 valence electrons. The Morgan fingerprint density at radius 1 is 1.12 bits per heavy atom. The van der Waals surface area contributed by atoms with Crippen LogP contribution in [0.4, 0.5) is 10.1 Å². The zero-order valence-corrected chi connectivity index (χ0v) is 14.4. The fourth-order valence-corrected chi connectivity index (χ4v) is 6.15. The minimum absolute atomic E-state index is 0.0326. The van der Waals surface area contributed by atoms with Crippen molar-refractivity contribution < 1.29 is 17.6 Å². The van der Waals surface area contributed by atoms with Crippen LogP contribution in [0.2, 0.25) is 0 Å². The Kier molecular flexibility index (Phi) is 4.91. The molecule has 1 aliphatic heterocycles. The largest absolute Gasteiger partial charge is 0.322 e. The first kappa shape index (κ1) is 17.0. The molecule has 1 amide bonds. The van der Waals surface area contributed by atoms with Crippen LogP contribution in [0.15, 0.2) is 53.4 Å². The predicted molar refractivity (Wildman–Crippen MR) is 93.7 cm³/mol. The van der Waals surface area contributed by atoms with Gasteiger partial charge in [0.15, 0.2) is 9.84 Å². The highest BCUT2D eigenvalue weighted by atomic mass is 32.2. The molecule has 1 heterocycles. The number of rotatable bonds is 4. The van der Waals surface area contributed by atoms with Crippen LogP contribution in [-0.2, 0) is 9.84 Å². The first-order chi connectivity index (χ1) is 11.4. The van der Waals surface area contributed by atoms with Crippen LogP contribution in [0.3, 0.4) is 0 Å². The molecule has 0 radical (unpaired) electrons. The zero-order chi connectivity index (χ0) is 17.2. The zero-order valence-electron chi connectivity index (χ0n) is 12.7. The number of sulfone groups is 1. The molecule has 1 saturated heterocycles. The third-order valence-electron chi connectivity index (χ3n) is 3.72. The summed E-state index contributed by atoms with van der Waals surface area (Å²) >= 11 is 1.42. The fourth-order valence-electron chi connectivity index (χ4n) is 2.52. The molecule has 3 rings (SSSR count). The molecule has 1 atom stereocenters. The molecule has 0 saturated carbocycles. The second kappa shape index (κ2) is 6.94. The summed E-state index contributed by atoms with van der Waals surface area (Å²) in [5.41, 5.74) is 0.987. The predicted octanol–water partition coefficient (Wildman–Crippen LogP) is 3.36. The van der Waals surface area contributed by atoms with Gasteiger partial charge < -0.3 is 5.32 Å². The number of amides is 1. The molecule has 0 aliphatic carbocycles. The van der Waals surface area contributed by atoms with Gasteiger partial charge in [-0.1, -0.05) is 12.1 Å². The van der Waals surface area contributed by atoms with E-state index in [-0.39, 0.29) is 28.5 Å². The van der Waals surface area contributed by atoms with Crippen molar-refractivity contribution in [3.8, 4) is 0 Å². The van der Waals surface area contributed by atoms with E-state index in [0.29, 0.717) is 17.7 Å². The van der Waals surface area contributed by atoms with E-state index < -0.39 is 9.84 Å². The molecule has 24 heavy (non-hydrogen) atoms. The van der Waals surface area contributed by atoms with Gasteiger partial charge in [-0.25, -0.2) is 12.8 Å². The quantitative estimate of drug-likeness (QED) is 0.902. The van der Waals surface area contributed by atoms with Crippen molar-refractivity contribution in [3.63, 3.8) is 0 Å². The number of carbonyl (C=O) groups is 1. The first-order valence-electron chi connectivity index (χ1n) is 7.46. The number of hydrogen-bond acceptors (Lipinski definition) is 4. The molecular weight excluding hydrogens is 349 g/mol. The van der Waals surface area contributed by atoms with Crippen molar-refractivity contribution in [3.05, 3.63) is 59.9 Å². The summed E-state index contributed by atoms with van der Waals surface area (Å²) in [6, 6.07) is 12.6. The van der Waals surface area contributed by atoms with Crippen LogP contribution in [0.25, 0.3) is 0 Å². The Labute approximate surface area is 144 Å². The van der Waals surface area contributed by atoms with Gasteiger partial charge >= 0.3 is 0 Å². The average Bonchev–Trinajstić information content (AvgIpc) is 2.89. The summed E-state index contributed by atoms with van der Waals surface area (Å²) in [4.78, 5) is 13.2. The Bertz CT molecular complexity index is 850. The lowest BCUT2D eigenvalue weighted by Crippen LogP contribution is -2.14. The van der Waals surface area contributed by atoms with Crippen molar-refractivity contribution >= 4 is 33.2 Å². The Morgan fingerprint density at radius 3 is 2.50 bits per heavy atom. The number of benzene rings is 2. The van der Waals surface area contributed by atoms with Crippen LogP contribution >= 0.6 is 11.8 Å². The van der Waals surface area contributed by atoms with Gasteiger partial charge in [-0.3, -0.25) is 4.79 Å². The lowest BCUT2D eigenvalue weighted by molar-refractivity contribution is 0.102. The molecule has 1 aliphatic rings. The van der Waals surface area contributed by atoms with Gasteiger partial charge in [-0.05, 0) is 42.8 Å². The van der Waals surface area contributed by atoms with Crippen LogP contribution in [0.1, 0.15) is 16.8 Å². The number of carbonyl (C=O) groups excluding carboxylic acids is 1. The van der Waals surface area contributed by atoms with Gasteiger partial charge in [0.05, 0.1) is 17.1 Å². The summed E-state index contributed by atoms with van der Waals surface area (Å²) in [5.74, 6) is -0.322. The maximum absolute atomic E-state index is 12.9. The first-order valence-corrected chi connectivity index (χ1v) is 10.2. The summed E-state index contributed by atoms with van der Waals surface area (Å²) in [6.45, 7) is 0. The number of nitrogens with one attached hydrogen (secondary N) is 1. The molecule has 1 N–H and O–H groups in total.